The lowest BCUT2D eigenvalue weighted by atomic mass is 10.0. The van der Waals surface area contributed by atoms with E-state index in [1.165, 1.54) is 0 Å². The van der Waals surface area contributed by atoms with E-state index < -0.39 is 10.2 Å². The highest BCUT2D eigenvalue weighted by Gasteiger charge is 2.09. The first kappa shape index (κ1) is 16.7. The van der Waals surface area contributed by atoms with Crippen molar-refractivity contribution in [3.63, 3.8) is 0 Å². The zero-order chi connectivity index (χ0) is 16.3. The molecule has 0 saturated carbocycles. The van der Waals surface area contributed by atoms with Gasteiger partial charge in [0.1, 0.15) is 0 Å². The number of rotatable bonds is 6. The summed E-state index contributed by atoms with van der Waals surface area (Å²) in [5.41, 5.74) is 3.39. The van der Waals surface area contributed by atoms with Crippen molar-refractivity contribution < 1.29 is 8.42 Å². The summed E-state index contributed by atoms with van der Waals surface area (Å²) >= 11 is 0. The van der Waals surface area contributed by atoms with Gasteiger partial charge in [0, 0.05) is 18.7 Å². The van der Waals surface area contributed by atoms with Crippen LogP contribution in [0.2, 0.25) is 0 Å². The van der Waals surface area contributed by atoms with Crippen molar-refractivity contribution >= 4 is 21.1 Å². The summed E-state index contributed by atoms with van der Waals surface area (Å²) in [7, 11) is -3.48. The van der Waals surface area contributed by atoms with Gasteiger partial charge in [-0.3, -0.25) is 4.79 Å². The molecular weight excluding hydrogens is 302 g/mol. The van der Waals surface area contributed by atoms with Gasteiger partial charge < -0.3 is 4.98 Å². The largest absolute Gasteiger partial charge is 0.321 e. The van der Waals surface area contributed by atoms with E-state index in [4.69, 9.17) is 0 Å². The van der Waals surface area contributed by atoms with Crippen molar-refractivity contribution in [2.75, 3.05) is 13.1 Å². The van der Waals surface area contributed by atoms with Crippen molar-refractivity contribution in [2.45, 2.75) is 27.2 Å². The lowest BCUT2D eigenvalue weighted by molar-refractivity contribution is 0.568. The van der Waals surface area contributed by atoms with Crippen LogP contribution in [0, 0.1) is 13.8 Å². The third kappa shape index (κ3) is 3.73. The molecule has 0 unspecified atom stereocenters. The minimum absolute atomic E-state index is 0.175. The van der Waals surface area contributed by atoms with Gasteiger partial charge in [-0.1, -0.05) is 19.1 Å². The molecule has 0 aliphatic heterocycles. The second kappa shape index (κ2) is 6.60. The molecule has 2 aromatic rings. The molecular formula is C15H21N3O3S. The molecule has 0 aliphatic rings. The molecule has 1 heterocycles. The Labute approximate surface area is 130 Å². The third-order valence-electron chi connectivity index (χ3n) is 3.65. The number of hydrogen-bond acceptors (Lipinski definition) is 3. The SMILES string of the molecule is CCNS(=O)(=O)NCCc1cc2ccc(C)c(C)c2[nH]c1=O. The molecule has 22 heavy (non-hydrogen) atoms. The summed E-state index contributed by atoms with van der Waals surface area (Å²) in [6.07, 6.45) is 0.336. The van der Waals surface area contributed by atoms with E-state index in [0.29, 0.717) is 18.5 Å². The topological polar surface area (TPSA) is 91.1 Å². The number of benzene rings is 1. The van der Waals surface area contributed by atoms with Crippen LogP contribution < -0.4 is 15.0 Å². The van der Waals surface area contributed by atoms with Gasteiger partial charge in [-0.05, 0) is 42.8 Å². The lowest BCUT2D eigenvalue weighted by Gasteiger charge is -2.09. The van der Waals surface area contributed by atoms with Gasteiger partial charge in [0.15, 0.2) is 0 Å². The van der Waals surface area contributed by atoms with E-state index in [1.54, 1.807) is 6.92 Å². The summed E-state index contributed by atoms with van der Waals surface area (Å²) in [4.78, 5) is 15.0. The Balaban J connectivity index is 2.21. The molecule has 0 atom stereocenters. The van der Waals surface area contributed by atoms with Crippen LogP contribution in [0.1, 0.15) is 23.6 Å². The van der Waals surface area contributed by atoms with E-state index in [2.05, 4.69) is 14.4 Å². The predicted octanol–water partition coefficient (Wildman–Crippen LogP) is 1.13. The van der Waals surface area contributed by atoms with Crippen LogP contribution in [0.5, 0.6) is 0 Å². The number of aromatic nitrogens is 1. The number of nitrogens with one attached hydrogen (secondary N) is 3. The smallest absolute Gasteiger partial charge is 0.276 e. The van der Waals surface area contributed by atoms with Crippen molar-refractivity contribution in [3.05, 3.63) is 45.2 Å². The molecule has 0 radical (unpaired) electrons. The Morgan fingerprint density at radius 1 is 1.18 bits per heavy atom. The standard InChI is InChI=1S/C15H21N3O3S/c1-4-16-22(20,21)17-8-7-13-9-12-6-5-10(2)11(3)14(12)18-15(13)19/h5-6,9,16-17H,4,7-8H2,1-3H3,(H,18,19). The first-order valence-electron chi connectivity index (χ1n) is 7.20. The molecule has 0 saturated heterocycles. The van der Waals surface area contributed by atoms with Crippen LogP contribution in [0.15, 0.2) is 23.0 Å². The molecule has 2 rings (SSSR count). The molecule has 0 aliphatic carbocycles. The van der Waals surface area contributed by atoms with Crippen LogP contribution in [0.3, 0.4) is 0 Å². The molecule has 0 bridgehead atoms. The highest BCUT2D eigenvalue weighted by atomic mass is 32.2. The number of H-pyrrole nitrogens is 1. The average molecular weight is 323 g/mol. The summed E-state index contributed by atoms with van der Waals surface area (Å²) in [6.45, 7) is 6.17. The maximum Gasteiger partial charge on any atom is 0.276 e. The van der Waals surface area contributed by atoms with Crippen LogP contribution in [-0.4, -0.2) is 26.5 Å². The molecule has 0 fully saturated rings. The van der Waals surface area contributed by atoms with Crippen LogP contribution >= 0.6 is 0 Å². The first-order chi connectivity index (χ1) is 10.3. The maximum absolute atomic E-state index is 12.1. The molecule has 6 nitrogen and oxygen atoms in total. The Morgan fingerprint density at radius 3 is 2.59 bits per heavy atom. The number of aryl methyl sites for hydroxylation is 2. The molecule has 1 aromatic carbocycles. The van der Waals surface area contributed by atoms with Gasteiger partial charge in [0.25, 0.3) is 15.8 Å². The normalized spacial score (nSPS) is 12.0. The Hall–Kier alpha value is -1.70. The number of hydrogen-bond donors (Lipinski definition) is 3. The van der Waals surface area contributed by atoms with Crippen molar-refractivity contribution in [1.82, 2.24) is 14.4 Å². The van der Waals surface area contributed by atoms with Crippen molar-refractivity contribution in [3.8, 4) is 0 Å². The van der Waals surface area contributed by atoms with E-state index in [0.717, 1.165) is 22.0 Å². The summed E-state index contributed by atoms with van der Waals surface area (Å²) < 4.78 is 27.7. The maximum atomic E-state index is 12.1. The fourth-order valence-corrected chi connectivity index (χ4v) is 3.17. The fourth-order valence-electron chi connectivity index (χ4n) is 2.32. The summed E-state index contributed by atoms with van der Waals surface area (Å²) in [6, 6.07) is 5.79. The zero-order valence-electron chi connectivity index (χ0n) is 13.0. The Morgan fingerprint density at radius 2 is 1.91 bits per heavy atom. The van der Waals surface area contributed by atoms with Gasteiger partial charge in [0.2, 0.25) is 0 Å². The molecule has 7 heteroatoms. The second-order valence-electron chi connectivity index (χ2n) is 5.24. The van der Waals surface area contributed by atoms with Gasteiger partial charge in [-0.15, -0.1) is 0 Å². The van der Waals surface area contributed by atoms with E-state index in [-0.39, 0.29) is 12.1 Å². The van der Waals surface area contributed by atoms with Gasteiger partial charge in [0.05, 0.1) is 5.52 Å². The molecule has 1 aromatic heterocycles. The monoisotopic (exact) mass is 323 g/mol. The number of aromatic amines is 1. The fraction of sp³-hybridized carbons (Fsp3) is 0.400. The van der Waals surface area contributed by atoms with Gasteiger partial charge in [-0.2, -0.15) is 8.42 Å². The summed E-state index contributed by atoms with van der Waals surface area (Å²) in [5.74, 6) is 0. The Bertz CT molecular complexity index is 841. The van der Waals surface area contributed by atoms with E-state index in [9.17, 15) is 13.2 Å². The summed E-state index contributed by atoms with van der Waals surface area (Å²) in [5, 5.41) is 0.951. The van der Waals surface area contributed by atoms with Gasteiger partial charge >= 0.3 is 0 Å². The molecule has 0 spiro atoms. The van der Waals surface area contributed by atoms with Gasteiger partial charge in [-0.25, -0.2) is 9.44 Å². The lowest BCUT2D eigenvalue weighted by Crippen LogP contribution is -2.37. The van der Waals surface area contributed by atoms with Crippen LogP contribution in [-0.2, 0) is 16.6 Å². The highest BCUT2D eigenvalue weighted by molar-refractivity contribution is 7.87. The third-order valence-corrected chi connectivity index (χ3v) is 4.90. The number of pyridine rings is 1. The molecule has 0 amide bonds. The molecule has 3 N–H and O–H groups in total. The molecule has 120 valence electrons. The predicted molar refractivity (Wildman–Crippen MR) is 88.3 cm³/mol. The highest BCUT2D eigenvalue weighted by Crippen LogP contribution is 2.18. The van der Waals surface area contributed by atoms with Crippen LogP contribution in [0.25, 0.3) is 10.9 Å². The quantitative estimate of drug-likeness (QED) is 0.744. The average Bonchev–Trinajstić information content (AvgIpc) is 2.44. The number of fused-ring (bicyclic) bond motifs is 1. The Kier molecular flexibility index (Phi) is 5.00. The minimum atomic E-state index is -3.48. The first-order valence-corrected chi connectivity index (χ1v) is 8.68. The van der Waals surface area contributed by atoms with Crippen molar-refractivity contribution in [1.29, 1.82) is 0 Å². The van der Waals surface area contributed by atoms with E-state index in [1.807, 2.05) is 32.0 Å². The van der Waals surface area contributed by atoms with E-state index >= 15 is 0 Å². The zero-order valence-corrected chi connectivity index (χ0v) is 13.8. The van der Waals surface area contributed by atoms with Crippen LogP contribution in [0.4, 0.5) is 0 Å². The van der Waals surface area contributed by atoms with Crippen molar-refractivity contribution in [2.24, 2.45) is 0 Å². The second-order valence-corrected chi connectivity index (χ2v) is 6.83. The minimum Gasteiger partial charge on any atom is -0.321 e.